The van der Waals surface area contributed by atoms with Crippen molar-refractivity contribution in [2.75, 3.05) is 31.1 Å². The molecule has 32 heavy (non-hydrogen) atoms. The van der Waals surface area contributed by atoms with Crippen LogP contribution in [0.25, 0.3) is 0 Å². The van der Waals surface area contributed by atoms with Crippen molar-refractivity contribution >= 4 is 40.3 Å². The van der Waals surface area contributed by atoms with Crippen LogP contribution in [0.15, 0.2) is 56.8 Å². The van der Waals surface area contributed by atoms with Gasteiger partial charge in [0.15, 0.2) is 5.82 Å². The fraction of sp³-hybridized carbons (Fsp3) is 0.364. The highest BCUT2D eigenvalue weighted by Gasteiger charge is 2.50. The zero-order chi connectivity index (χ0) is 22.5. The molecule has 1 aromatic heterocycles. The molecule has 10 heteroatoms. The van der Waals surface area contributed by atoms with Gasteiger partial charge in [0, 0.05) is 36.1 Å². The smallest absolute Gasteiger partial charge is 0.322 e. The molecule has 3 aromatic rings. The predicted octanol–water partition coefficient (Wildman–Crippen LogP) is 3.91. The predicted molar refractivity (Wildman–Crippen MR) is 125 cm³/mol. The van der Waals surface area contributed by atoms with Crippen LogP contribution in [0.4, 0.5) is 6.01 Å². The van der Waals surface area contributed by atoms with Crippen molar-refractivity contribution in [2.24, 2.45) is 0 Å². The molecule has 0 bridgehead atoms. The Bertz CT molecular complexity index is 1270. The lowest BCUT2D eigenvalue weighted by Gasteiger charge is -2.33. The second-order valence-corrected chi connectivity index (χ2v) is 11.2. The molecule has 0 unspecified atom stereocenters. The van der Waals surface area contributed by atoms with Gasteiger partial charge in [0.2, 0.25) is 10.0 Å². The number of anilines is 1. The van der Waals surface area contributed by atoms with Gasteiger partial charge >= 0.3 is 6.01 Å². The maximum atomic E-state index is 13.1. The molecule has 1 saturated carbocycles. The van der Waals surface area contributed by atoms with E-state index in [-0.39, 0.29) is 10.3 Å². The van der Waals surface area contributed by atoms with Crippen LogP contribution in [-0.2, 0) is 15.4 Å². The van der Waals surface area contributed by atoms with Gasteiger partial charge < -0.3 is 9.42 Å². The van der Waals surface area contributed by atoms with E-state index in [1.165, 1.54) is 4.31 Å². The number of piperazine rings is 1. The van der Waals surface area contributed by atoms with Crippen LogP contribution in [0.3, 0.4) is 0 Å². The monoisotopic (exact) mass is 490 g/mol. The molecular formula is C22H23ClN4O3S2. The molecule has 0 atom stereocenters. The van der Waals surface area contributed by atoms with Gasteiger partial charge in [-0.1, -0.05) is 35.0 Å². The van der Waals surface area contributed by atoms with Crippen LogP contribution < -0.4 is 4.90 Å². The van der Waals surface area contributed by atoms with Gasteiger partial charge in [0.05, 0.1) is 10.3 Å². The lowest BCUT2D eigenvalue weighted by atomic mass is 9.95. The average Bonchev–Trinajstić information content (AvgIpc) is 3.43. The molecule has 2 aromatic carbocycles. The van der Waals surface area contributed by atoms with Crippen molar-refractivity contribution < 1.29 is 12.9 Å². The van der Waals surface area contributed by atoms with Crippen molar-refractivity contribution in [3.05, 3.63) is 64.4 Å². The van der Waals surface area contributed by atoms with Gasteiger partial charge in [-0.2, -0.15) is 9.29 Å². The van der Waals surface area contributed by atoms with Crippen molar-refractivity contribution in [2.45, 2.75) is 35.0 Å². The van der Waals surface area contributed by atoms with Gasteiger partial charge in [0.25, 0.3) is 0 Å². The molecule has 7 nitrogen and oxygen atoms in total. The molecule has 1 saturated heterocycles. The van der Waals surface area contributed by atoms with Crippen molar-refractivity contribution in [3.8, 4) is 0 Å². The van der Waals surface area contributed by atoms with Crippen molar-refractivity contribution in [1.29, 1.82) is 0 Å². The average molecular weight is 491 g/mol. The van der Waals surface area contributed by atoms with Crippen molar-refractivity contribution in [1.82, 2.24) is 14.4 Å². The lowest BCUT2D eigenvalue weighted by Crippen LogP contribution is -2.48. The van der Waals surface area contributed by atoms with E-state index < -0.39 is 10.0 Å². The minimum Gasteiger partial charge on any atom is -0.322 e. The summed E-state index contributed by atoms with van der Waals surface area (Å²) < 4.78 is 33.2. The van der Waals surface area contributed by atoms with E-state index in [0.29, 0.717) is 47.9 Å². The Morgan fingerprint density at radius 3 is 2.50 bits per heavy atom. The van der Waals surface area contributed by atoms with E-state index in [9.17, 15) is 8.42 Å². The number of hydrogen-bond acceptors (Lipinski definition) is 7. The summed E-state index contributed by atoms with van der Waals surface area (Å²) in [6.07, 6.45) is 1.89. The van der Waals surface area contributed by atoms with E-state index in [2.05, 4.69) is 22.8 Å². The van der Waals surface area contributed by atoms with Crippen LogP contribution in [0.1, 0.15) is 29.8 Å². The Balaban J connectivity index is 1.30. The minimum atomic E-state index is -3.61. The van der Waals surface area contributed by atoms with Crippen LogP contribution in [0.5, 0.6) is 0 Å². The highest BCUT2D eigenvalue weighted by Crippen LogP contribution is 2.52. The van der Waals surface area contributed by atoms with Crippen LogP contribution in [-0.4, -0.2) is 49.0 Å². The number of benzene rings is 2. The van der Waals surface area contributed by atoms with Gasteiger partial charge in [0.1, 0.15) is 0 Å². The fourth-order valence-electron chi connectivity index (χ4n) is 4.20. The van der Waals surface area contributed by atoms with Crippen molar-refractivity contribution in [3.63, 3.8) is 0 Å². The van der Waals surface area contributed by atoms with E-state index in [4.69, 9.17) is 16.1 Å². The van der Waals surface area contributed by atoms with Gasteiger partial charge in [-0.05, 0) is 55.2 Å². The Kier molecular flexibility index (Phi) is 5.48. The third-order valence-corrected chi connectivity index (χ3v) is 8.93. The van der Waals surface area contributed by atoms with Crippen LogP contribution in [0.2, 0.25) is 5.02 Å². The summed E-state index contributed by atoms with van der Waals surface area (Å²) in [5, 5.41) is 4.94. The summed E-state index contributed by atoms with van der Waals surface area (Å²) in [5.41, 5.74) is 1.82. The molecule has 0 radical (unpaired) electrons. The summed E-state index contributed by atoms with van der Waals surface area (Å²) in [4.78, 5) is 7.30. The molecule has 0 spiro atoms. The first kappa shape index (κ1) is 21.8. The Labute approximate surface area is 197 Å². The third-order valence-electron chi connectivity index (χ3n) is 6.21. The standard InChI is InChI=1S/C22H23ClN4O3S2/c1-15-5-6-19(18(31)13-15)32(28,29)27-11-9-26(10-12-27)21-24-20(25-30-21)22(7-8-22)16-3-2-4-17(23)14-16/h2-6,13-14,31H,7-12H2,1H3. The van der Waals surface area contributed by atoms with E-state index in [1.54, 1.807) is 18.2 Å². The number of aromatic nitrogens is 2. The second-order valence-electron chi connectivity index (χ2n) is 8.36. The number of thiol groups is 1. The summed E-state index contributed by atoms with van der Waals surface area (Å²) in [7, 11) is -3.61. The second kappa shape index (κ2) is 8.06. The Morgan fingerprint density at radius 2 is 1.84 bits per heavy atom. The molecule has 5 rings (SSSR count). The molecule has 1 aliphatic heterocycles. The first-order valence-corrected chi connectivity index (χ1v) is 12.7. The SMILES string of the molecule is Cc1ccc(S(=O)(=O)N2CCN(c3nc(C4(c5cccc(Cl)c5)CC4)no3)CC2)c(S)c1. The fourth-order valence-corrected chi connectivity index (χ4v) is 6.50. The number of sulfonamides is 1. The molecule has 0 N–H and O–H groups in total. The zero-order valence-electron chi connectivity index (χ0n) is 17.5. The van der Waals surface area contributed by atoms with E-state index in [1.807, 2.05) is 36.1 Å². The van der Waals surface area contributed by atoms with E-state index in [0.717, 1.165) is 24.0 Å². The first-order chi connectivity index (χ1) is 15.3. The number of halogens is 1. The van der Waals surface area contributed by atoms with Crippen LogP contribution >= 0.6 is 24.2 Å². The van der Waals surface area contributed by atoms with Gasteiger partial charge in [-0.15, -0.1) is 12.6 Å². The number of rotatable bonds is 5. The first-order valence-electron chi connectivity index (χ1n) is 10.4. The highest BCUT2D eigenvalue weighted by molar-refractivity contribution is 7.90. The summed E-state index contributed by atoms with van der Waals surface area (Å²) in [6.45, 7) is 3.52. The minimum absolute atomic E-state index is 0.233. The molecule has 2 fully saturated rings. The molecule has 2 aliphatic rings. The summed E-state index contributed by atoms with van der Waals surface area (Å²) in [6, 6.07) is 13.4. The number of aryl methyl sites for hydroxylation is 1. The molecule has 168 valence electrons. The third kappa shape index (κ3) is 3.81. The number of nitrogens with zero attached hydrogens (tertiary/aromatic N) is 4. The molecule has 0 amide bonds. The quantitative estimate of drug-likeness (QED) is 0.546. The normalized spacial score (nSPS) is 18.7. The van der Waals surface area contributed by atoms with E-state index >= 15 is 0 Å². The van der Waals surface area contributed by atoms with Crippen LogP contribution in [0, 0.1) is 6.92 Å². The largest absolute Gasteiger partial charge is 0.324 e. The molecule has 2 heterocycles. The molecular weight excluding hydrogens is 468 g/mol. The Morgan fingerprint density at radius 1 is 1.09 bits per heavy atom. The highest BCUT2D eigenvalue weighted by atomic mass is 35.5. The lowest BCUT2D eigenvalue weighted by molar-refractivity contribution is 0.352. The maximum Gasteiger partial charge on any atom is 0.324 e. The summed E-state index contributed by atoms with van der Waals surface area (Å²) >= 11 is 10.5. The topological polar surface area (TPSA) is 79.5 Å². The maximum absolute atomic E-state index is 13.1. The van der Waals surface area contributed by atoms with Gasteiger partial charge in [-0.25, -0.2) is 8.42 Å². The molecule has 1 aliphatic carbocycles. The zero-order valence-corrected chi connectivity index (χ0v) is 20.0. The van der Waals surface area contributed by atoms with Gasteiger partial charge in [-0.3, -0.25) is 0 Å². The summed E-state index contributed by atoms with van der Waals surface area (Å²) in [5.74, 6) is 0.657. The Hall–Kier alpha value is -2.07. The number of hydrogen-bond donors (Lipinski definition) is 1.